The Morgan fingerprint density at radius 3 is 2.83 bits per heavy atom. The van der Waals surface area contributed by atoms with Crippen molar-refractivity contribution in [3.63, 3.8) is 0 Å². The van der Waals surface area contributed by atoms with E-state index < -0.39 is 19.5 Å². The molecule has 3 nitrogen and oxygen atoms in total. The molecule has 0 heterocycles. The summed E-state index contributed by atoms with van der Waals surface area (Å²) in [7, 11) is -2.57. The average Bonchev–Trinajstić information content (AvgIpc) is 1.99. The fraction of sp³-hybridized carbons (Fsp3) is 0.571. The van der Waals surface area contributed by atoms with Gasteiger partial charge in [0, 0.05) is 6.42 Å². The highest BCUT2D eigenvalue weighted by molar-refractivity contribution is 7.39. The van der Waals surface area contributed by atoms with E-state index >= 15 is 0 Å². The van der Waals surface area contributed by atoms with Crippen molar-refractivity contribution in [2.24, 2.45) is 0 Å². The summed E-state index contributed by atoms with van der Waals surface area (Å²) < 4.78 is 23.4. The van der Waals surface area contributed by atoms with Crippen LogP contribution in [-0.4, -0.2) is 10.6 Å². The van der Waals surface area contributed by atoms with Crippen LogP contribution in [0.25, 0.3) is 0 Å². The molecule has 0 saturated heterocycles. The summed E-state index contributed by atoms with van der Waals surface area (Å²) in [4.78, 5) is 8.66. The molecule has 0 aliphatic rings. The van der Waals surface area contributed by atoms with Gasteiger partial charge < -0.3 is 0 Å². The zero-order chi connectivity index (χ0) is 9.56. The molecule has 2 unspecified atom stereocenters. The van der Waals surface area contributed by atoms with Crippen LogP contribution in [0.5, 0.6) is 0 Å². The van der Waals surface area contributed by atoms with Gasteiger partial charge in [0.1, 0.15) is 0 Å². The van der Waals surface area contributed by atoms with Gasteiger partial charge in [0.05, 0.1) is 12.1 Å². The summed E-state index contributed by atoms with van der Waals surface area (Å²) in [6.45, 7) is 1.78. The van der Waals surface area contributed by atoms with Gasteiger partial charge in [0.15, 0.2) is 5.83 Å². The molecule has 0 aliphatic carbocycles. The maximum atomic E-state index is 12.8. The van der Waals surface area contributed by atoms with E-state index in [1.54, 1.807) is 6.92 Å². The third kappa shape index (κ3) is 3.56. The lowest BCUT2D eigenvalue weighted by atomic mass is 10.2. The molecular weight excluding hydrogens is 180 g/mol. The van der Waals surface area contributed by atoms with Gasteiger partial charge in [-0.25, -0.2) is 4.39 Å². The van der Waals surface area contributed by atoms with Gasteiger partial charge in [-0.1, -0.05) is 13.3 Å². The van der Waals surface area contributed by atoms with E-state index in [2.05, 4.69) is 0 Å². The smallest absolute Gasteiger partial charge is 0.206 e. The summed E-state index contributed by atoms with van der Waals surface area (Å²) in [5.41, 5.74) is -1.01. The SMILES string of the molecule is CCCC(C(F)=CC#N)[P+](=O)O. The lowest BCUT2D eigenvalue weighted by molar-refractivity contribution is 0.472. The lowest BCUT2D eigenvalue weighted by Gasteiger charge is -1.97. The number of nitriles is 1. The van der Waals surface area contributed by atoms with E-state index in [-0.39, 0.29) is 6.42 Å². The third-order valence-corrected chi connectivity index (χ3v) is 2.39. The average molecular weight is 190 g/mol. The van der Waals surface area contributed by atoms with E-state index in [1.807, 2.05) is 0 Å². The zero-order valence-corrected chi connectivity index (χ0v) is 7.59. The fourth-order valence-electron chi connectivity index (χ4n) is 0.785. The van der Waals surface area contributed by atoms with E-state index in [1.165, 1.54) is 6.07 Å². The van der Waals surface area contributed by atoms with Crippen molar-refractivity contribution in [3.05, 3.63) is 11.9 Å². The number of rotatable bonds is 4. The quantitative estimate of drug-likeness (QED) is 0.546. The van der Waals surface area contributed by atoms with Crippen molar-refractivity contribution in [1.82, 2.24) is 0 Å². The number of nitrogens with zero attached hydrogens (tertiary/aromatic N) is 1. The summed E-state index contributed by atoms with van der Waals surface area (Å²) in [5, 5.41) is 8.09. The molecule has 5 heteroatoms. The Morgan fingerprint density at radius 2 is 2.50 bits per heavy atom. The number of hydrogen-bond acceptors (Lipinski definition) is 2. The van der Waals surface area contributed by atoms with Gasteiger partial charge in [-0.05, 0) is 4.57 Å². The standard InChI is InChI=1S/C7H9FNO2P/c1-2-3-7(12(10)11)6(8)4-5-9/h4,7H,2-3H2,1H3/p+1. The van der Waals surface area contributed by atoms with Crippen molar-refractivity contribution in [2.45, 2.75) is 25.4 Å². The van der Waals surface area contributed by atoms with Crippen LogP contribution < -0.4 is 0 Å². The van der Waals surface area contributed by atoms with Crippen molar-refractivity contribution in [3.8, 4) is 6.07 Å². The predicted molar refractivity (Wildman–Crippen MR) is 43.3 cm³/mol. The van der Waals surface area contributed by atoms with Gasteiger partial charge in [0.25, 0.3) is 0 Å². The minimum atomic E-state index is -2.57. The topological polar surface area (TPSA) is 61.1 Å². The molecule has 0 spiro atoms. The molecule has 0 aromatic rings. The Balaban J connectivity index is 4.42. The van der Waals surface area contributed by atoms with Gasteiger partial charge in [0.2, 0.25) is 5.66 Å². The summed E-state index contributed by atoms with van der Waals surface area (Å²) in [6.07, 6.45) is 1.57. The minimum absolute atomic E-state index is 0.287. The highest BCUT2D eigenvalue weighted by Crippen LogP contribution is 2.32. The van der Waals surface area contributed by atoms with E-state index in [4.69, 9.17) is 10.2 Å². The monoisotopic (exact) mass is 190 g/mol. The Hall–Kier alpha value is -0.780. The van der Waals surface area contributed by atoms with Gasteiger partial charge in [-0.3, -0.25) is 0 Å². The fourth-order valence-corrected chi connectivity index (χ4v) is 1.55. The van der Waals surface area contributed by atoms with Gasteiger partial charge in [-0.15, -0.1) is 0 Å². The molecule has 0 aromatic carbocycles. The van der Waals surface area contributed by atoms with Crippen LogP contribution in [-0.2, 0) is 4.57 Å². The van der Waals surface area contributed by atoms with Crippen LogP contribution in [0.3, 0.4) is 0 Å². The third-order valence-electron chi connectivity index (χ3n) is 1.35. The Morgan fingerprint density at radius 1 is 1.92 bits per heavy atom. The number of allylic oxidation sites excluding steroid dienone is 2. The number of halogens is 1. The second-order valence-corrected chi connectivity index (χ2v) is 3.49. The van der Waals surface area contributed by atoms with Crippen molar-refractivity contribution in [1.29, 1.82) is 5.26 Å². The summed E-state index contributed by atoms with van der Waals surface area (Å²) in [5.74, 6) is -0.803. The highest BCUT2D eigenvalue weighted by Gasteiger charge is 2.32. The second-order valence-electron chi connectivity index (χ2n) is 2.27. The van der Waals surface area contributed by atoms with Crippen LogP contribution in [0.4, 0.5) is 4.39 Å². The Bertz CT molecular complexity index is 234. The molecule has 2 atom stereocenters. The molecular formula is C7H10FNO2P+. The molecule has 0 fully saturated rings. The van der Waals surface area contributed by atoms with Crippen molar-refractivity contribution in [2.75, 3.05) is 0 Å². The molecule has 12 heavy (non-hydrogen) atoms. The van der Waals surface area contributed by atoms with E-state index in [0.29, 0.717) is 12.5 Å². The van der Waals surface area contributed by atoms with Crippen LogP contribution in [0.15, 0.2) is 11.9 Å². The van der Waals surface area contributed by atoms with Gasteiger partial charge >= 0.3 is 8.03 Å². The Kier molecular flexibility index (Phi) is 5.44. The van der Waals surface area contributed by atoms with Crippen LogP contribution in [0.1, 0.15) is 19.8 Å². The first-order valence-corrected chi connectivity index (χ1v) is 4.82. The first-order valence-electron chi connectivity index (χ1n) is 3.53. The Labute approximate surface area is 71.4 Å². The molecule has 1 N–H and O–H groups in total. The summed E-state index contributed by atoms with van der Waals surface area (Å²) >= 11 is 0. The second kappa shape index (κ2) is 5.82. The first-order chi connectivity index (χ1) is 5.63. The lowest BCUT2D eigenvalue weighted by Crippen LogP contribution is -2.02. The van der Waals surface area contributed by atoms with Crippen molar-refractivity contribution < 1.29 is 13.8 Å². The molecule has 0 aromatic heterocycles. The minimum Gasteiger partial charge on any atom is -0.206 e. The maximum absolute atomic E-state index is 12.8. The predicted octanol–water partition coefficient (Wildman–Crippen LogP) is 2.27. The molecule has 0 bridgehead atoms. The first kappa shape index (κ1) is 11.2. The molecule has 0 amide bonds. The van der Waals surface area contributed by atoms with Crippen LogP contribution in [0, 0.1) is 11.3 Å². The number of hydrogen-bond donors (Lipinski definition) is 1. The molecule has 66 valence electrons. The maximum Gasteiger partial charge on any atom is 0.516 e. The largest absolute Gasteiger partial charge is 0.516 e. The summed E-state index contributed by atoms with van der Waals surface area (Å²) in [6, 6.07) is 1.48. The molecule has 0 radical (unpaired) electrons. The zero-order valence-electron chi connectivity index (χ0n) is 6.70. The van der Waals surface area contributed by atoms with E-state index in [9.17, 15) is 8.96 Å². The van der Waals surface area contributed by atoms with Crippen molar-refractivity contribution >= 4 is 8.03 Å². The molecule has 0 aliphatic heterocycles. The normalized spacial score (nSPS) is 15.2. The van der Waals surface area contributed by atoms with Crippen LogP contribution >= 0.6 is 8.03 Å². The van der Waals surface area contributed by atoms with E-state index in [0.717, 1.165) is 0 Å². The molecule has 0 saturated carbocycles. The highest BCUT2D eigenvalue weighted by atomic mass is 31.1. The van der Waals surface area contributed by atoms with Gasteiger partial charge in [-0.2, -0.15) is 10.2 Å². The molecule has 0 rings (SSSR count). The van der Waals surface area contributed by atoms with Crippen LogP contribution in [0.2, 0.25) is 0 Å².